The molecule has 0 saturated carbocycles. The van der Waals surface area contributed by atoms with Gasteiger partial charge >= 0.3 is 6.18 Å². The summed E-state index contributed by atoms with van der Waals surface area (Å²) in [5.41, 5.74) is 0. The minimum absolute atomic E-state index is 0.254. The first-order valence-electron chi connectivity index (χ1n) is 5.54. The van der Waals surface area contributed by atoms with Crippen LogP contribution < -0.4 is 0 Å². The van der Waals surface area contributed by atoms with Gasteiger partial charge in [0.1, 0.15) is 0 Å². The highest BCUT2D eigenvalue weighted by Gasteiger charge is 2.39. The van der Waals surface area contributed by atoms with E-state index in [1.165, 1.54) is 11.8 Å². The van der Waals surface area contributed by atoms with Crippen LogP contribution in [-0.2, 0) is 17.0 Å². The van der Waals surface area contributed by atoms with E-state index in [1.54, 1.807) is 0 Å². The lowest BCUT2D eigenvalue weighted by atomic mass is 10.3. The van der Waals surface area contributed by atoms with Gasteiger partial charge in [-0.3, -0.25) is 4.79 Å². The molecule has 1 aromatic carbocycles. The molecular formula is C12H9F3N2O2S. The highest BCUT2D eigenvalue weighted by molar-refractivity contribution is 7.98. The lowest BCUT2D eigenvalue weighted by Gasteiger charge is -2.00. The third-order valence-corrected chi connectivity index (χ3v) is 3.26. The highest BCUT2D eigenvalue weighted by atomic mass is 32.2. The second kappa shape index (κ2) is 6.08. The van der Waals surface area contributed by atoms with Gasteiger partial charge in [0.25, 0.3) is 0 Å². The largest absolute Gasteiger partial charge is 0.450 e. The van der Waals surface area contributed by atoms with Crippen molar-refractivity contribution >= 4 is 17.5 Å². The number of hydrogen-bond donors (Lipinski definition) is 0. The third-order valence-electron chi connectivity index (χ3n) is 2.25. The summed E-state index contributed by atoms with van der Waals surface area (Å²) in [4.78, 5) is 15.5. The molecule has 0 aliphatic heterocycles. The highest BCUT2D eigenvalue weighted by Crippen LogP contribution is 2.22. The molecule has 0 fully saturated rings. The summed E-state index contributed by atoms with van der Waals surface area (Å²) in [6.45, 7) is 0. The van der Waals surface area contributed by atoms with Crippen LogP contribution in [0.4, 0.5) is 13.2 Å². The number of Topliss-reactive ketones (excluding diaryl/α,β-unsaturated/α-hetero) is 1. The van der Waals surface area contributed by atoms with Crippen molar-refractivity contribution in [3.63, 3.8) is 0 Å². The van der Waals surface area contributed by atoms with Crippen LogP contribution in [0, 0.1) is 0 Å². The van der Waals surface area contributed by atoms with Crippen LogP contribution in [-0.4, -0.2) is 22.1 Å². The van der Waals surface area contributed by atoms with Crippen molar-refractivity contribution in [1.82, 2.24) is 10.1 Å². The molecule has 2 rings (SSSR count). The number of thioether (sulfide) groups is 1. The second-order valence-corrected chi connectivity index (χ2v) is 4.85. The van der Waals surface area contributed by atoms with Crippen LogP contribution in [0.5, 0.6) is 0 Å². The van der Waals surface area contributed by atoms with Crippen molar-refractivity contribution in [3.8, 4) is 0 Å². The number of alkyl halides is 3. The Balaban J connectivity index is 1.91. The van der Waals surface area contributed by atoms with Crippen LogP contribution >= 0.6 is 11.8 Å². The molecule has 0 atom stereocenters. The van der Waals surface area contributed by atoms with Crippen LogP contribution in [0.1, 0.15) is 11.7 Å². The zero-order valence-corrected chi connectivity index (χ0v) is 10.9. The molecule has 0 aliphatic rings. The van der Waals surface area contributed by atoms with Crippen molar-refractivity contribution in [1.29, 1.82) is 0 Å². The standard InChI is InChI=1S/C12H9F3N2O2S/c13-12(14,15)9(18)6-11-16-10(17-19-11)7-20-8-4-2-1-3-5-8/h1-5H,6-7H2. The first-order valence-corrected chi connectivity index (χ1v) is 6.53. The predicted octanol–water partition coefficient (Wildman–Crippen LogP) is 3.04. The summed E-state index contributed by atoms with van der Waals surface area (Å²) in [7, 11) is 0. The number of hydrogen-bond acceptors (Lipinski definition) is 5. The first-order chi connectivity index (χ1) is 9.45. The molecule has 0 spiro atoms. The van der Waals surface area contributed by atoms with Crippen molar-refractivity contribution in [3.05, 3.63) is 42.0 Å². The van der Waals surface area contributed by atoms with Gasteiger partial charge in [0, 0.05) is 4.90 Å². The minimum Gasteiger partial charge on any atom is -0.339 e. The van der Waals surface area contributed by atoms with Gasteiger partial charge in [0.05, 0.1) is 12.2 Å². The molecule has 4 nitrogen and oxygen atoms in total. The molecule has 1 aromatic heterocycles. The van der Waals surface area contributed by atoms with Crippen molar-refractivity contribution in [2.24, 2.45) is 0 Å². The van der Waals surface area contributed by atoms with Gasteiger partial charge in [-0.25, -0.2) is 0 Å². The molecule has 0 aliphatic carbocycles. The Bertz CT molecular complexity index is 584. The Hall–Kier alpha value is -1.83. The number of carbonyl (C=O) groups is 1. The van der Waals surface area contributed by atoms with Gasteiger partial charge in [0.2, 0.25) is 11.7 Å². The molecule has 0 unspecified atom stereocenters. The van der Waals surface area contributed by atoms with Gasteiger partial charge in [0.15, 0.2) is 5.82 Å². The number of halogens is 3. The number of rotatable bonds is 5. The molecule has 0 saturated heterocycles. The third kappa shape index (κ3) is 4.09. The Morgan fingerprint density at radius 2 is 1.95 bits per heavy atom. The Morgan fingerprint density at radius 1 is 1.25 bits per heavy atom. The summed E-state index contributed by atoms with van der Waals surface area (Å²) < 4.78 is 40.8. The lowest BCUT2D eigenvalue weighted by molar-refractivity contribution is -0.170. The van der Waals surface area contributed by atoms with Crippen LogP contribution in [0.15, 0.2) is 39.8 Å². The van der Waals surface area contributed by atoms with E-state index in [4.69, 9.17) is 0 Å². The van der Waals surface area contributed by atoms with Gasteiger partial charge < -0.3 is 4.52 Å². The molecule has 0 radical (unpaired) electrons. The van der Waals surface area contributed by atoms with Gasteiger partial charge in [-0.15, -0.1) is 11.8 Å². The molecule has 0 bridgehead atoms. The number of benzene rings is 1. The van der Waals surface area contributed by atoms with E-state index in [9.17, 15) is 18.0 Å². The average molecular weight is 302 g/mol. The maximum absolute atomic E-state index is 12.1. The van der Waals surface area contributed by atoms with E-state index in [1.807, 2.05) is 30.3 Å². The molecule has 2 aromatic rings. The summed E-state index contributed by atoms with van der Waals surface area (Å²) in [5.74, 6) is -1.61. The average Bonchev–Trinajstić information content (AvgIpc) is 2.84. The van der Waals surface area contributed by atoms with E-state index in [2.05, 4.69) is 14.7 Å². The summed E-state index contributed by atoms with van der Waals surface area (Å²) in [6, 6.07) is 9.38. The minimum atomic E-state index is -4.88. The van der Waals surface area contributed by atoms with Crippen molar-refractivity contribution < 1.29 is 22.5 Å². The zero-order valence-electron chi connectivity index (χ0n) is 10.1. The maximum atomic E-state index is 12.1. The number of ketones is 1. The zero-order chi connectivity index (χ0) is 14.6. The van der Waals surface area contributed by atoms with Gasteiger partial charge in [-0.1, -0.05) is 23.4 Å². The fraction of sp³-hybridized carbons (Fsp3) is 0.250. The van der Waals surface area contributed by atoms with E-state index in [0.717, 1.165) is 4.90 Å². The normalized spacial score (nSPS) is 11.6. The van der Waals surface area contributed by atoms with Gasteiger partial charge in [-0.05, 0) is 12.1 Å². The van der Waals surface area contributed by atoms with Crippen LogP contribution in [0.25, 0.3) is 0 Å². The van der Waals surface area contributed by atoms with Crippen LogP contribution in [0.3, 0.4) is 0 Å². The van der Waals surface area contributed by atoms with Crippen molar-refractivity contribution in [2.45, 2.75) is 23.2 Å². The molecule has 106 valence electrons. The quantitative estimate of drug-likeness (QED) is 0.795. The topological polar surface area (TPSA) is 56.0 Å². The maximum Gasteiger partial charge on any atom is 0.450 e. The number of aromatic nitrogens is 2. The molecule has 0 amide bonds. The monoisotopic (exact) mass is 302 g/mol. The molecular weight excluding hydrogens is 293 g/mol. The van der Waals surface area contributed by atoms with E-state index >= 15 is 0 Å². The molecule has 20 heavy (non-hydrogen) atoms. The molecule has 1 heterocycles. The van der Waals surface area contributed by atoms with E-state index < -0.39 is 18.4 Å². The fourth-order valence-corrected chi connectivity index (χ4v) is 2.09. The smallest absolute Gasteiger partial charge is 0.339 e. The molecule has 8 heteroatoms. The first kappa shape index (κ1) is 14.6. The Kier molecular flexibility index (Phi) is 4.43. The van der Waals surface area contributed by atoms with E-state index in [0.29, 0.717) is 5.75 Å². The second-order valence-electron chi connectivity index (χ2n) is 3.80. The SMILES string of the molecule is O=C(Cc1nc(CSc2ccccc2)no1)C(F)(F)F. The van der Waals surface area contributed by atoms with Crippen LogP contribution in [0.2, 0.25) is 0 Å². The predicted molar refractivity (Wildman–Crippen MR) is 65.1 cm³/mol. The summed E-state index contributed by atoms with van der Waals surface area (Å²) in [6.07, 6.45) is -5.81. The fourth-order valence-electron chi connectivity index (χ4n) is 1.32. The lowest BCUT2D eigenvalue weighted by Crippen LogP contribution is -2.24. The molecule has 0 N–H and O–H groups in total. The Labute approximate surface area is 116 Å². The number of carbonyl (C=O) groups excluding carboxylic acids is 1. The van der Waals surface area contributed by atoms with Crippen molar-refractivity contribution in [2.75, 3.05) is 0 Å². The summed E-state index contributed by atoms with van der Waals surface area (Å²) >= 11 is 1.42. The number of nitrogens with zero attached hydrogens (tertiary/aromatic N) is 2. The van der Waals surface area contributed by atoms with Gasteiger partial charge in [-0.2, -0.15) is 18.2 Å². The van der Waals surface area contributed by atoms with E-state index in [-0.39, 0.29) is 11.7 Å². The summed E-state index contributed by atoms with van der Waals surface area (Å²) in [5, 5.41) is 3.54. The Morgan fingerprint density at radius 3 is 2.60 bits per heavy atom.